The van der Waals surface area contributed by atoms with Gasteiger partial charge in [-0.25, -0.2) is 4.79 Å². The predicted molar refractivity (Wildman–Crippen MR) is 84.2 cm³/mol. The molecular formula is C17H14N4O2. The molecule has 0 atom stereocenters. The van der Waals surface area contributed by atoms with Gasteiger partial charge in [0.2, 0.25) is 0 Å². The number of cyclic esters (lactones) is 1. The van der Waals surface area contributed by atoms with Crippen LogP contribution in [0, 0.1) is 0 Å². The van der Waals surface area contributed by atoms with E-state index in [4.69, 9.17) is 4.74 Å². The number of carbonyl (C=O) groups excluding carboxylic acids is 1. The molecule has 2 heterocycles. The van der Waals surface area contributed by atoms with E-state index in [9.17, 15) is 4.79 Å². The van der Waals surface area contributed by atoms with Crippen molar-refractivity contribution in [1.82, 2.24) is 14.8 Å². The molecule has 6 nitrogen and oxygen atoms in total. The first-order valence-corrected chi connectivity index (χ1v) is 7.30. The van der Waals surface area contributed by atoms with E-state index >= 15 is 0 Å². The number of esters is 1. The molecular weight excluding hydrogens is 292 g/mol. The van der Waals surface area contributed by atoms with Gasteiger partial charge in [0.25, 0.3) is 0 Å². The molecule has 1 aliphatic heterocycles. The molecule has 0 amide bonds. The minimum Gasteiger partial charge on any atom is -0.457 e. The number of nitrogens with one attached hydrogen (secondary N) is 1. The summed E-state index contributed by atoms with van der Waals surface area (Å²) in [6.07, 6.45) is 1.69. The molecule has 0 aliphatic carbocycles. The molecule has 114 valence electrons. The van der Waals surface area contributed by atoms with Crippen molar-refractivity contribution in [3.8, 4) is 5.69 Å². The van der Waals surface area contributed by atoms with Gasteiger partial charge < -0.3 is 10.1 Å². The Kier molecular flexibility index (Phi) is 3.27. The highest BCUT2D eigenvalue weighted by Gasteiger charge is 2.23. The average Bonchev–Trinajstić information content (AvgIpc) is 3.21. The largest absolute Gasteiger partial charge is 0.457 e. The molecule has 0 spiro atoms. The summed E-state index contributed by atoms with van der Waals surface area (Å²) >= 11 is 0. The van der Waals surface area contributed by atoms with Crippen molar-refractivity contribution in [2.24, 2.45) is 0 Å². The summed E-state index contributed by atoms with van der Waals surface area (Å²) in [4.78, 5) is 11.6. The summed E-state index contributed by atoms with van der Waals surface area (Å²) in [5.74, 6) is 0.523. The fraction of sp³-hybridized carbons (Fsp3) is 0.118. The van der Waals surface area contributed by atoms with Crippen LogP contribution in [0.4, 0.5) is 5.69 Å². The van der Waals surface area contributed by atoms with Crippen LogP contribution in [0.15, 0.2) is 54.9 Å². The molecule has 2 aromatic carbocycles. The van der Waals surface area contributed by atoms with Crippen LogP contribution in [0.1, 0.15) is 21.7 Å². The first-order chi connectivity index (χ1) is 11.3. The molecule has 0 bridgehead atoms. The van der Waals surface area contributed by atoms with Crippen LogP contribution in [0.3, 0.4) is 0 Å². The lowest BCUT2D eigenvalue weighted by molar-refractivity contribution is 0.0535. The van der Waals surface area contributed by atoms with Crippen LogP contribution < -0.4 is 5.32 Å². The molecule has 3 aromatic rings. The van der Waals surface area contributed by atoms with E-state index in [2.05, 4.69) is 15.5 Å². The fourth-order valence-electron chi connectivity index (χ4n) is 2.67. The number of benzene rings is 2. The number of hydrogen-bond acceptors (Lipinski definition) is 5. The second-order valence-electron chi connectivity index (χ2n) is 5.21. The highest BCUT2D eigenvalue weighted by Crippen LogP contribution is 2.27. The van der Waals surface area contributed by atoms with Gasteiger partial charge in [0, 0.05) is 16.9 Å². The molecule has 6 heteroatoms. The fourth-order valence-corrected chi connectivity index (χ4v) is 2.67. The molecule has 0 saturated heterocycles. The third-order valence-electron chi connectivity index (χ3n) is 3.83. The first-order valence-electron chi connectivity index (χ1n) is 7.30. The van der Waals surface area contributed by atoms with Crippen LogP contribution in [-0.4, -0.2) is 20.7 Å². The predicted octanol–water partition coefficient (Wildman–Crippen LogP) is 2.55. The molecule has 1 N–H and O–H groups in total. The van der Waals surface area contributed by atoms with Crippen LogP contribution in [0.25, 0.3) is 5.69 Å². The van der Waals surface area contributed by atoms with Gasteiger partial charge in [0.15, 0.2) is 5.82 Å². The van der Waals surface area contributed by atoms with Gasteiger partial charge >= 0.3 is 5.97 Å². The highest BCUT2D eigenvalue weighted by molar-refractivity contribution is 5.95. The molecule has 0 unspecified atom stereocenters. The van der Waals surface area contributed by atoms with Gasteiger partial charge in [-0.1, -0.05) is 24.3 Å². The summed E-state index contributed by atoms with van der Waals surface area (Å²) in [5, 5.41) is 11.5. The first kappa shape index (κ1) is 13.5. The zero-order valence-corrected chi connectivity index (χ0v) is 12.3. The summed E-state index contributed by atoms with van der Waals surface area (Å²) < 4.78 is 7.01. The van der Waals surface area contributed by atoms with Crippen LogP contribution in [-0.2, 0) is 17.9 Å². The molecule has 1 aliphatic rings. The van der Waals surface area contributed by atoms with E-state index in [1.807, 2.05) is 47.0 Å². The normalized spacial score (nSPS) is 12.8. The van der Waals surface area contributed by atoms with Gasteiger partial charge in [-0.15, -0.1) is 10.2 Å². The standard InChI is InChI=1S/C17H14N4O2/c22-17-13-7-4-8-15(14(13)10-23-17)18-9-16-20-19-11-21(16)12-5-2-1-3-6-12/h1-8,11,18H,9-10H2. The number of fused-ring (bicyclic) bond motifs is 1. The van der Waals surface area contributed by atoms with Crippen LogP contribution in [0.5, 0.6) is 0 Å². The van der Waals surface area contributed by atoms with Crippen molar-refractivity contribution in [3.05, 3.63) is 71.8 Å². The zero-order chi connectivity index (χ0) is 15.6. The number of ether oxygens (including phenoxy) is 1. The van der Waals surface area contributed by atoms with Gasteiger partial charge in [-0.05, 0) is 24.3 Å². The van der Waals surface area contributed by atoms with E-state index in [-0.39, 0.29) is 5.97 Å². The van der Waals surface area contributed by atoms with Crippen molar-refractivity contribution < 1.29 is 9.53 Å². The lowest BCUT2D eigenvalue weighted by atomic mass is 10.1. The quantitative estimate of drug-likeness (QED) is 0.750. The van der Waals surface area contributed by atoms with Crippen molar-refractivity contribution in [1.29, 1.82) is 0 Å². The maximum absolute atomic E-state index is 11.6. The molecule has 23 heavy (non-hydrogen) atoms. The third-order valence-corrected chi connectivity index (χ3v) is 3.83. The number of aromatic nitrogens is 3. The summed E-state index contributed by atoms with van der Waals surface area (Å²) in [5.41, 5.74) is 3.41. The number of para-hydroxylation sites is 1. The van der Waals surface area contributed by atoms with E-state index in [0.29, 0.717) is 18.7 Å². The Morgan fingerprint density at radius 1 is 1.13 bits per heavy atom. The Morgan fingerprint density at radius 3 is 2.87 bits per heavy atom. The maximum Gasteiger partial charge on any atom is 0.338 e. The molecule has 4 rings (SSSR count). The Labute approximate surface area is 132 Å². The Bertz CT molecular complexity index is 858. The zero-order valence-electron chi connectivity index (χ0n) is 12.3. The van der Waals surface area contributed by atoms with Crippen LogP contribution in [0.2, 0.25) is 0 Å². The van der Waals surface area contributed by atoms with Gasteiger partial charge in [0.1, 0.15) is 12.9 Å². The van der Waals surface area contributed by atoms with Gasteiger partial charge in [-0.2, -0.15) is 0 Å². The minimum atomic E-state index is -0.267. The number of carbonyl (C=O) groups is 1. The van der Waals surface area contributed by atoms with Crippen molar-refractivity contribution in [2.45, 2.75) is 13.2 Å². The molecule has 0 radical (unpaired) electrons. The summed E-state index contributed by atoms with van der Waals surface area (Å²) in [6.45, 7) is 0.808. The molecule has 1 aromatic heterocycles. The van der Waals surface area contributed by atoms with E-state index in [1.54, 1.807) is 12.4 Å². The van der Waals surface area contributed by atoms with Crippen LogP contribution >= 0.6 is 0 Å². The highest BCUT2D eigenvalue weighted by atomic mass is 16.5. The van der Waals surface area contributed by atoms with Crippen molar-refractivity contribution in [3.63, 3.8) is 0 Å². The number of nitrogens with zero attached hydrogens (tertiary/aromatic N) is 3. The number of anilines is 1. The summed E-state index contributed by atoms with van der Waals surface area (Å²) in [7, 11) is 0. The Balaban J connectivity index is 1.58. The van der Waals surface area contributed by atoms with E-state index in [1.165, 1.54) is 0 Å². The Hall–Kier alpha value is -3.15. The smallest absolute Gasteiger partial charge is 0.338 e. The maximum atomic E-state index is 11.6. The third kappa shape index (κ3) is 2.44. The number of rotatable bonds is 4. The van der Waals surface area contributed by atoms with E-state index < -0.39 is 0 Å². The average molecular weight is 306 g/mol. The Morgan fingerprint density at radius 2 is 2.00 bits per heavy atom. The van der Waals surface area contributed by atoms with E-state index in [0.717, 1.165) is 22.8 Å². The molecule has 0 saturated carbocycles. The molecule has 0 fully saturated rings. The topological polar surface area (TPSA) is 69.0 Å². The van der Waals surface area contributed by atoms with Crippen molar-refractivity contribution >= 4 is 11.7 Å². The van der Waals surface area contributed by atoms with Gasteiger partial charge in [-0.3, -0.25) is 4.57 Å². The van der Waals surface area contributed by atoms with Gasteiger partial charge in [0.05, 0.1) is 12.1 Å². The lowest BCUT2D eigenvalue weighted by Gasteiger charge is -2.10. The minimum absolute atomic E-state index is 0.267. The van der Waals surface area contributed by atoms with Crippen molar-refractivity contribution in [2.75, 3.05) is 5.32 Å². The SMILES string of the molecule is O=C1OCc2c(NCc3nncn3-c3ccccc3)cccc21. The monoisotopic (exact) mass is 306 g/mol. The lowest BCUT2D eigenvalue weighted by Crippen LogP contribution is -2.08. The summed E-state index contributed by atoms with van der Waals surface area (Å²) in [6, 6.07) is 15.5. The second kappa shape index (κ2) is 5.57. The number of hydrogen-bond donors (Lipinski definition) is 1. The second-order valence-corrected chi connectivity index (χ2v) is 5.21.